The molecular weight excluding hydrogens is 296 g/mol. The molecule has 0 saturated heterocycles. The van der Waals surface area contributed by atoms with Gasteiger partial charge >= 0.3 is 5.66 Å². The van der Waals surface area contributed by atoms with Crippen molar-refractivity contribution in [2.75, 3.05) is 6.61 Å². The summed E-state index contributed by atoms with van der Waals surface area (Å²) < 4.78 is 6.15. The maximum absolute atomic E-state index is 12.8. The number of carbonyl (C=O) groups excluding carboxylic acids is 1. The average molecular weight is 320 g/mol. The number of hydrogen-bond donors (Lipinski definition) is 1. The molecule has 1 aromatic rings. The van der Waals surface area contributed by atoms with Crippen molar-refractivity contribution in [2.45, 2.75) is 52.2 Å². The van der Waals surface area contributed by atoms with Crippen LogP contribution >= 0.6 is 0 Å². The van der Waals surface area contributed by atoms with Crippen molar-refractivity contribution in [2.24, 2.45) is 0 Å². The van der Waals surface area contributed by atoms with Gasteiger partial charge in [0.25, 0.3) is 0 Å². The number of carbonyl (C=O) groups is 1. The molecule has 1 aliphatic rings. The van der Waals surface area contributed by atoms with Gasteiger partial charge in [-0.2, -0.15) is 4.74 Å². The molecule has 1 aromatic carbocycles. The van der Waals surface area contributed by atoms with Gasteiger partial charge < -0.3 is 15.2 Å². The van der Waals surface area contributed by atoms with Gasteiger partial charge in [0.2, 0.25) is 11.5 Å². The molecule has 126 valence electrons. The summed E-state index contributed by atoms with van der Waals surface area (Å²) in [4.78, 5) is 11.9. The second-order valence-corrected chi connectivity index (χ2v) is 6.46. The third-order valence-electron chi connectivity index (χ3n) is 4.39. The monoisotopic (exact) mass is 320 g/mol. The van der Waals surface area contributed by atoms with Crippen molar-refractivity contribution in [3.63, 3.8) is 0 Å². The maximum atomic E-state index is 12.8. The summed E-state index contributed by atoms with van der Waals surface area (Å²) in [5.74, 6) is 0.306. The van der Waals surface area contributed by atoms with Crippen LogP contribution in [-0.2, 0) is 4.79 Å². The molecule has 0 spiro atoms. The fraction of sp³-hybridized carbons (Fsp3) is 0.529. The first-order valence-electron chi connectivity index (χ1n) is 7.75. The molecule has 6 heteroatoms. The van der Waals surface area contributed by atoms with Crippen LogP contribution in [-0.4, -0.2) is 44.3 Å². The lowest BCUT2D eigenvalue weighted by Crippen LogP contribution is -2.57. The Morgan fingerprint density at radius 3 is 2.30 bits per heavy atom. The minimum absolute atomic E-state index is 0.347. The lowest BCUT2D eigenvalue weighted by molar-refractivity contribution is -0.565. The van der Waals surface area contributed by atoms with Gasteiger partial charge in [-0.25, -0.2) is 0 Å². The molecule has 1 atom stereocenters. The number of nitrogens with zero attached hydrogens (tertiary/aromatic N) is 2. The smallest absolute Gasteiger partial charge is 0.307 e. The van der Waals surface area contributed by atoms with E-state index in [1.807, 2.05) is 6.92 Å². The van der Waals surface area contributed by atoms with E-state index in [0.717, 1.165) is 17.2 Å². The van der Waals surface area contributed by atoms with Crippen LogP contribution in [0.2, 0.25) is 0 Å². The molecule has 0 aliphatic carbocycles. The summed E-state index contributed by atoms with van der Waals surface area (Å²) in [6.45, 7) is 8.80. The molecule has 0 saturated carbocycles. The number of ether oxygens (including phenoxy) is 1. The van der Waals surface area contributed by atoms with Crippen LogP contribution in [0.3, 0.4) is 0 Å². The normalized spacial score (nSPS) is 24.1. The van der Waals surface area contributed by atoms with Crippen molar-refractivity contribution in [1.29, 1.82) is 0 Å². The zero-order chi connectivity index (χ0) is 17.4. The van der Waals surface area contributed by atoms with Crippen LogP contribution in [0, 0.1) is 5.21 Å². The Hall–Kier alpha value is -1.92. The largest absolute Gasteiger partial charge is 0.622 e. The van der Waals surface area contributed by atoms with Gasteiger partial charge in [-0.1, -0.05) is 6.92 Å². The fourth-order valence-electron chi connectivity index (χ4n) is 2.89. The molecule has 0 radical (unpaired) electrons. The first kappa shape index (κ1) is 17.4. The van der Waals surface area contributed by atoms with E-state index in [-0.39, 0.29) is 0 Å². The summed E-state index contributed by atoms with van der Waals surface area (Å²) >= 11 is 0. The molecule has 2 rings (SSSR count). The van der Waals surface area contributed by atoms with Gasteiger partial charge in [0.05, 0.1) is 6.61 Å². The molecule has 0 aromatic heterocycles. The Morgan fingerprint density at radius 2 is 1.87 bits per heavy atom. The van der Waals surface area contributed by atoms with E-state index < -0.39 is 17.0 Å². The summed E-state index contributed by atoms with van der Waals surface area (Å²) in [5.41, 5.74) is -1.62. The van der Waals surface area contributed by atoms with Gasteiger partial charge in [0.15, 0.2) is 0 Å². The minimum atomic E-state index is -1.63. The first-order chi connectivity index (χ1) is 10.7. The van der Waals surface area contributed by atoms with E-state index in [9.17, 15) is 15.2 Å². The summed E-state index contributed by atoms with van der Waals surface area (Å²) in [7, 11) is 0. The third-order valence-corrected chi connectivity index (χ3v) is 4.39. The molecular formula is C17H24N2O4. The Morgan fingerprint density at radius 1 is 1.30 bits per heavy atom. The van der Waals surface area contributed by atoms with Crippen molar-refractivity contribution in [1.82, 2.24) is 5.06 Å². The van der Waals surface area contributed by atoms with E-state index in [1.54, 1.807) is 38.1 Å². The molecule has 1 heterocycles. The average Bonchev–Trinajstić information content (AvgIpc) is 2.64. The van der Waals surface area contributed by atoms with E-state index in [0.29, 0.717) is 22.6 Å². The van der Waals surface area contributed by atoms with Gasteiger partial charge in [0, 0.05) is 19.4 Å². The van der Waals surface area contributed by atoms with E-state index in [2.05, 4.69) is 0 Å². The zero-order valence-corrected chi connectivity index (χ0v) is 14.3. The molecule has 1 N–H and O–H groups in total. The maximum Gasteiger partial charge on any atom is 0.307 e. The Kier molecular flexibility index (Phi) is 4.50. The quantitative estimate of drug-likeness (QED) is 0.666. The van der Waals surface area contributed by atoms with Crippen LogP contribution in [0.5, 0.6) is 5.75 Å². The highest BCUT2D eigenvalue weighted by Crippen LogP contribution is 2.36. The minimum Gasteiger partial charge on any atom is -0.622 e. The van der Waals surface area contributed by atoms with Crippen molar-refractivity contribution < 1.29 is 19.5 Å². The lowest BCUT2D eigenvalue weighted by atomic mass is 9.92. The topological polar surface area (TPSA) is 75.8 Å². The van der Waals surface area contributed by atoms with Crippen molar-refractivity contribution in [3.05, 3.63) is 35.0 Å². The fourth-order valence-corrected chi connectivity index (χ4v) is 2.89. The predicted octanol–water partition coefficient (Wildman–Crippen LogP) is 2.56. The lowest BCUT2D eigenvalue weighted by Gasteiger charge is -2.30. The Labute approximate surface area is 136 Å². The highest BCUT2D eigenvalue weighted by molar-refractivity contribution is 6.06. The number of hydrogen-bond acceptors (Lipinski definition) is 5. The second kappa shape index (κ2) is 5.94. The molecule has 0 amide bonds. The van der Waals surface area contributed by atoms with Crippen LogP contribution in [0.15, 0.2) is 24.3 Å². The summed E-state index contributed by atoms with van der Waals surface area (Å²) in [6.07, 6.45) is 0.914. The van der Waals surface area contributed by atoms with Crippen LogP contribution in [0.25, 0.3) is 0 Å². The van der Waals surface area contributed by atoms with Gasteiger partial charge in [0.1, 0.15) is 11.3 Å². The SMILES string of the molecule is CCCOc1ccc(C2=[N+]([O-])C(C)(C(C)=O)N(O)C2(C)C)cc1. The highest BCUT2D eigenvalue weighted by atomic mass is 16.6. The number of ketones is 1. The molecule has 6 nitrogen and oxygen atoms in total. The van der Waals surface area contributed by atoms with Crippen LogP contribution in [0.4, 0.5) is 0 Å². The number of benzene rings is 1. The van der Waals surface area contributed by atoms with E-state index in [4.69, 9.17) is 4.74 Å². The molecule has 0 fully saturated rings. The van der Waals surface area contributed by atoms with Crippen LogP contribution < -0.4 is 4.74 Å². The zero-order valence-electron chi connectivity index (χ0n) is 14.3. The van der Waals surface area contributed by atoms with E-state index in [1.165, 1.54) is 13.8 Å². The third kappa shape index (κ3) is 2.62. The second-order valence-electron chi connectivity index (χ2n) is 6.46. The molecule has 0 bridgehead atoms. The summed E-state index contributed by atoms with van der Waals surface area (Å²) in [5, 5.41) is 24.1. The van der Waals surface area contributed by atoms with Gasteiger partial charge in [-0.3, -0.25) is 4.79 Å². The van der Waals surface area contributed by atoms with Crippen LogP contribution in [0.1, 0.15) is 46.6 Å². The van der Waals surface area contributed by atoms with Crippen molar-refractivity contribution in [3.8, 4) is 5.75 Å². The standard InChI is InChI=1S/C17H24N2O4/c1-6-11-23-14-9-7-13(8-10-14)15-16(3,4)19(22)17(5,12(2)20)18(15)21/h7-10,22H,6,11H2,1-5H3. The molecule has 1 unspecified atom stereocenters. The number of rotatable bonds is 5. The van der Waals surface area contributed by atoms with Crippen molar-refractivity contribution >= 4 is 11.5 Å². The van der Waals surface area contributed by atoms with E-state index >= 15 is 0 Å². The molecule has 23 heavy (non-hydrogen) atoms. The Bertz CT molecular complexity index is 636. The first-order valence-corrected chi connectivity index (χ1v) is 7.75. The Balaban J connectivity index is 2.48. The predicted molar refractivity (Wildman–Crippen MR) is 86.8 cm³/mol. The highest BCUT2D eigenvalue weighted by Gasteiger charge is 2.62. The molecule has 1 aliphatic heterocycles. The van der Waals surface area contributed by atoms with Gasteiger partial charge in [-0.15, -0.1) is 5.06 Å². The number of Topliss-reactive ketones (excluding diaryl/α,β-unsaturated/α-hetero) is 1. The van der Waals surface area contributed by atoms with Gasteiger partial charge in [-0.05, 0) is 44.5 Å². The number of hydroxylamine groups is 3. The summed E-state index contributed by atoms with van der Waals surface area (Å²) in [6, 6.07) is 7.11.